The first-order chi connectivity index (χ1) is 11.2. The number of anilines is 3. The summed E-state index contributed by atoms with van der Waals surface area (Å²) in [5.41, 5.74) is 9.76. The van der Waals surface area contributed by atoms with E-state index >= 15 is 0 Å². The van der Waals surface area contributed by atoms with Crippen LogP contribution >= 0.6 is 11.6 Å². The van der Waals surface area contributed by atoms with Gasteiger partial charge in [0.15, 0.2) is 0 Å². The third kappa shape index (κ3) is 4.40. The van der Waals surface area contributed by atoms with Crippen LogP contribution in [0.5, 0.6) is 0 Å². The standard InChI is InChI=1S/C17H16ClN5/c18-17-21-7-6-16(23-17)22-15-3-1-2-12(9-15)4-5-13-8-14(19)11-20-10-13/h1-3,6-11H,4-5,19H2,(H,21,22,23). The number of nitrogens with one attached hydrogen (secondary N) is 1. The maximum absolute atomic E-state index is 5.79. The topological polar surface area (TPSA) is 76.7 Å². The Balaban J connectivity index is 1.67. The average Bonchev–Trinajstić information content (AvgIpc) is 2.53. The molecule has 5 nitrogen and oxygen atoms in total. The lowest BCUT2D eigenvalue weighted by Gasteiger charge is -2.08. The maximum atomic E-state index is 5.79. The van der Waals surface area contributed by atoms with E-state index in [1.165, 1.54) is 5.56 Å². The van der Waals surface area contributed by atoms with Crippen molar-refractivity contribution >= 4 is 28.8 Å². The normalized spacial score (nSPS) is 10.5. The van der Waals surface area contributed by atoms with Gasteiger partial charge in [-0.25, -0.2) is 9.97 Å². The quantitative estimate of drug-likeness (QED) is 0.700. The highest BCUT2D eigenvalue weighted by atomic mass is 35.5. The minimum Gasteiger partial charge on any atom is -0.397 e. The average molecular weight is 326 g/mol. The lowest BCUT2D eigenvalue weighted by Crippen LogP contribution is -1.97. The SMILES string of the molecule is Nc1cncc(CCc2cccc(Nc3ccnc(Cl)n3)c2)c1. The molecular weight excluding hydrogens is 310 g/mol. The van der Waals surface area contributed by atoms with Crippen LogP contribution in [0.1, 0.15) is 11.1 Å². The van der Waals surface area contributed by atoms with Gasteiger partial charge in [0.2, 0.25) is 5.28 Å². The van der Waals surface area contributed by atoms with Gasteiger partial charge in [0.05, 0.1) is 5.69 Å². The molecule has 3 rings (SSSR count). The number of hydrogen-bond acceptors (Lipinski definition) is 5. The van der Waals surface area contributed by atoms with Gasteiger partial charge in [-0.1, -0.05) is 12.1 Å². The van der Waals surface area contributed by atoms with Gasteiger partial charge in [0.25, 0.3) is 0 Å². The number of rotatable bonds is 5. The van der Waals surface area contributed by atoms with Gasteiger partial charge in [-0.15, -0.1) is 0 Å². The minimum atomic E-state index is 0.223. The van der Waals surface area contributed by atoms with Crippen molar-refractivity contribution in [1.82, 2.24) is 15.0 Å². The Morgan fingerprint density at radius 3 is 2.74 bits per heavy atom. The van der Waals surface area contributed by atoms with Crippen LogP contribution in [0.15, 0.2) is 55.0 Å². The molecule has 0 saturated carbocycles. The van der Waals surface area contributed by atoms with Gasteiger partial charge in [0, 0.05) is 24.3 Å². The molecule has 0 atom stereocenters. The monoisotopic (exact) mass is 325 g/mol. The van der Waals surface area contributed by atoms with E-state index in [2.05, 4.69) is 32.4 Å². The highest BCUT2D eigenvalue weighted by Crippen LogP contribution is 2.18. The molecule has 0 spiro atoms. The zero-order valence-electron chi connectivity index (χ0n) is 12.4. The molecular formula is C17H16ClN5. The second kappa shape index (κ2) is 7.07. The van der Waals surface area contributed by atoms with Crippen LogP contribution in [0, 0.1) is 0 Å². The van der Waals surface area contributed by atoms with E-state index in [0.717, 1.165) is 24.1 Å². The van der Waals surface area contributed by atoms with E-state index in [4.69, 9.17) is 17.3 Å². The summed E-state index contributed by atoms with van der Waals surface area (Å²) in [6.07, 6.45) is 6.92. The molecule has 2 aromatic heterocycles. The molecule has 0 fully saturated rings. The lowest BCUT2D eigenvalue weighted by atomic mass is 10.1. The third-order valence-corrected chi connectivity index (χ3v) is 3.53. The van der Waals surface area contributed by atoms with Gasteiger partial charge in [-0.3, -0.25) is 4.98 Å². The van der Waals surface area contributed by atoms with Crippen molar-refractivity contribution in [3.05, 3.63) is 71.4 Å². The van der Waals surface area contributed by atoms with Crippen LogP contribution in [-0.2, 0) is 12.8 Å². The molecule has 0 radical (unpaired) electrons. The van der Waals surface area contributed by atoms with Crippen LogP contribution in [0.25, 0.3) is 0 Å². The molecule has 0 aliphatic rings. The van der Waals surface area contributed by atoms with Crippen molar-refractivity contribution in [2.75, 3.05) is 11.1 Å². The Hall–Kier alpha value is -2.66. The number of nitrogens with zero attached hydrogens (tertiary/aromatic N) is 3. The molecule has 23 heavy (non-hydrogen) atoms. The Labute approximate surface area is 139 Å². The Morgan fingerprint density at radius 1 is 1.04 bits per heavy atom. The Morgan fingerprint density at radius 2 is 1.91 bits per heavy atom. The Bertz CT molecular complexity index is 806. The fraction of sp³-hybridized carbons (Fsp3) is 0.118. The number of aryl methyl sites for hydroxylation is 2. The predicted octanol–water partition coefficient (Wildman–Crippen LogP) is 3.64. The van der Waals surface area contributed by atoms with E-state index in [-0.39, 0.29) is 5.28 Å². The predicted molar refractivity (Wildman–Crippen MR) is 92.8 cm³/mol. The highest BCUT2D eigenvalue weighted by molar-refractivity contribution is 6.28. The van der Waals surface area contributed by atoms with Crippen LogP contribution in [0.3, 0.4) is 0 Å². The summed E-state index contributed by atoms with van der Waals surface area (Å²) in [6.45, 7) is 0. The molecule has 0 aliphatic heterocycles. The van der Waals surface area contributed by atoms with Crippen molar-refractivity contribution in [3.8, 4) is 0 Å². The number of pyridine rings is 1. The van der Waals surface area contributed by atoms with Crippen LogP contribution < -0.4 is 11.1 Å². The van der Waals surface area contributed by atoms with Crippen LogP contribution in [0.4, 0.5) is 17.2 Å². The molecule has 6 heteroatoms. The van der Waals surface area contributed by atoms with Crippen molar-refractivity contribution in [1.29, 1.82) is 0 Å². The van der Waals surface area contributed by atoms with Crippen LogP contribution in [-0.4, -0.2) is 15.0 Å². The van der Waals surface area contributed by atoms with Gasteiger partial charge in [0.1, 0.15) is 5.82 Å². The first-order valence-corrected chi connectivity index (χ1v) is 7.61. The maximum Gasteiger partial charge on any atom is 0.224 e. The Kier molecular flexibility index (Phi) is 4.68. The van der Waals surface area contributed by atoms with Crippen molar-refractivity contribution in [3.63, 3.8) is 0 Å². The largest absolute Gasteiger partial charge is 0.397 e. The summed E-state index contributed by atoms with van der Waals surface area (Å²) < 4.78 is 0. The highest BCUT2D eigenvalue weighted by Gasteiger charge is 2.01. The number of nitrogens with two attached hydrogens (primary N) is 1. The lowest BCUT2D eigenvalue weighted by molar-refractivity contribution is 0.951. The minimum absolute atomic E-state index is 0.223. The van der Waals surface area contributed by atoms with Crippen molar-refractivity contribution < 1.29 is 0 Å². The summed E-state index contributed by atoms with van der Waals surface area (Å²) in [5, 5.41) is 3.45. The van der Waals surface area contributed by atoms with E-state index in [1.54, 1.807) is 18.5 Å². The van der Waals surface area contributed by atoms with E-state index in [1.807, 2.05) is 24.4 Å². The second-order valence-electron chi connectivity index (χ2n) is 5.16. The number of benzene rings is 1. The van der Waals surface area contributed by atoms with E-state index < -0.39 is 0 Å². The van der Waals surface area contributed by atoms with Gasteiger partial charge < -0.3 is 11.1 Å². The van der Waals surface area contributed by atoms with Gasteiger partial charge in [-0.2, -0.15) is 0 Å². The molecule has 3 aromatic rings. The number of nitrogen functional groups attached to an aromatic ring is 1. The zero-order valence-corrected chi connectivity index (χ0v) is 13.2. The molecule has 0 bridgehead atoms. The van der Waals surface area contributed by atoms with Gasteiger partial charge in [-0.05, 0) is 59.8 Å². The van der Waals surface area contributed by atoms with E-state index in [9.17, 15) is 0 Å². The summed E-state index contributed by atoms with van der Waals surface area (Å²) in [6, 6.07) is 11.9. The van der Waals surface area contributed by atoms with Crippen molar-refractivity contribution in [2.45, 2.75) is 12.8 Å². The van der Waals surface area contributed by atoms with Crippen molar-refractivity contribution in [2.24, 2.45) is 0 Å². The molecule has 2 heterocycles. The second-order valence-corrected chi connectivity index (χ2v) is 5.50. The number of halogens is 1. The first-order valence-electron chi connectivity index (χ1n) is 7.23. The molecule has 3 N–H and O–H groups in total. The number of hydrogen-bond donors (Lipinski definition) is 2. The molecule has 0 unspecified atom stereocenters. The summed E-state index contributed by atoms with van der Waals surface area (Å²) in [4.78, 5) is 12.1. The third-order valence-electron chi connectivity index (χ3n) is 3.34. The fourth-order valence-electron chi connectivity index (χ4n) is 2.29. The number of aromatic nitrogens is 3. The van der Waals surface area contributed by atoms with Gasteiger partial charge >= 0.3 is 0 Å². The zero-order chi connectivity index (χ0) is 16.1. The van der Waals surface area contributed by atoms with E-state index in [0.29, 0.717) is 11.5 Å². The fourth-order valence-corrected chi connectivity index (χ4v) is 2.44. The van der Waals surface area contributed by atoms with Crippen LogP contribution in [0.2, 0.25) is 5.28 Å². The smallest absolute Gasteiger partial charge is 0.224 e. The summed E-state index contributed by atoms with van der Waals surface area (Å²) in [7, 11) is 0. The summed E-state index contributed by atoms with van der Waals surface area (Å²) in [5.74, 6) is 0.669. The molecule has 0 saturated heterocycles. The molecule has 0 amide bonds. The molecule has 0 aliphatic carbocycles. The summed E-state index contributed by atoms with van der Waals surface area (Å²) >= 11 is 5.79. The molecule has 1 aromatic carbocycles. The molecule has 116 valence electrons. The first kappa shape index (κ1) is 15.2.